The normalized spacial score (nSPS) is 30.0. The Kier molecular flexibility index (Phi) is 2.94. The smallest absolute Gasteiger partial charge is 0.110 e. The number of aliphatic hydroxyl groups excluding tert-OH is 1. The van der Waals surface area contributed by atoms with Crippen LogP contribution >= 0.6 is 0 Å². The van der Waals surface area contributed by atoms with E-state index in [0.29, 0.717) is 0 Å². The predicted octanol–water partition coefficient (Wildman–Crippen LogP) is 1.84. The van der Waals surface area contributed by atoms with E-state index in [4.69, 9.17) is 9.84 Å². The predicted molar refractivity (Wildman–Crippen MR) is 44.2 cm³/mol. The maximum atomic E-state index is 8.81. The zero-order valence-corrected chi connectivity index (χ0v) is 7.05. The van der Waals surface area contributed by atoms with Gasteiger partial charge in [0.15, 0.2) is 0 Å². The lowest BCUT2D eigenvalue weighted by Crippen LogP contribution is -2.32. The zero-order chi connectivity index (χ0) is 8.16. The van der Waals surface area contributed by atoms with Gasteiger partial charge in [-0.25, -0.2) is 0 Å². The molecule has 0 fully saturated rings. The van der Waals surface area contributed by atoms with E-state index >= 15 is 0 Å². The number of allylic oxidation sites excluding steroid dienone is 1. The van der Waals surface area contributed by atoms with E-state index in [1.165, 1.54) is 0 Å². The Bertz CT molecular complexity index is 142. The van der Waals surface area contributed by atoms with Gasteiger partial charge in [-0.1, -0.05) is 6.92 Å². The van der Waals surface area contributed by atoms with Crippen molar-refractivity contribution >= 4 is 0 Å². The number of ether oxygens (including phenoxy) is 1. The lowest BCUT2D eigenvalue weighted by atomic mass is 9.90. The van der Waals surface area contributed by atoms with Crippen molar-refractivity contribution in [1.82, 2.24) is 0 Å². The summed E-state index contributed by atoms with van der Waals surface area (Å²) in [5.41, 5.74) is -0.0660. The molecule has 0 saturated carbocycles. The van der Waals surface area contributed by atoms with E-state index in [2.05, 4.69) is 6.92 Å². The topological polar surface area (TPSA) is 29.5 Å². The highest BCUT2D eigenvalue weighted by molar-refractivity contribution is 4.91. The van der Waals surface area contributed by atoms with Crippen LogP contribution in [-0.4, -0.2) is 17.3 Å². The van der Waals surface area contributed by atoms with Gasteiger partial charge in [-0.15, -0.1) is 0 Å². The van der Waals surface area contributed by atoms with E-state index in [-0.39, 0.29) is 12.2 Å². The fourth-order valence-corrected chi connectivity index (χ4v) is 1.49. The SMILES string of the molecule is CCC1(CCO)CCC=CO1. The van der Waals surface area contributed by atoms with Gasteiger partial charge in [0.25, 0.3) is 0 Å². The summed E-state index contributed by atoms with van der Waals surface area (Å²) in [5.74, 6) is 0. The lowest BCUT2D eigenvalue weighted by molar-refractivity contribution is -0.0183. The maximum absolute atomic E-state index is 8.81. The van der Waals surface area contributed by atoms with Gasteiger partial charge in [-0.05, 0) is 25.3 Å². The van der Waals surface area contributed by atoms with Crippen molar-refractivity contribution in [2.24, 2.45) is 0 Å². The molecule has 1 heterocycles. The van der Waals surface area contributed by atoms with E-state index < -0.39 is 0 Å². The maximum Gasteiger partial charge on any atom is 0.110 e. The van der Waals surface area contributed by atoms with Crippen LogP contribution in [0.3, 0.4) is 0 Å². The lowest BCUT2D eigenvalue weighted by Gasteiger charge is -2.33. The van der Waals surface area contributed by atoms with Crippen molar-refractivity contribution < 1.29 is 9.84 Å². The second kappa shape index (κ2) is 3.77. The first-order valence-electron chi connectivity index (χ1n) is 4.27. The average molecular weight is 156 g/mol. The van der Waals surface area contributed by atoms with E-state index in [1.54, 1.807) is 6.26 Å². The van der Waals surface area contributed by atoms with Crippen LogP contribution in [0.1, 0.15) is 32.6 Å². The van der Waals surface area contributed by atoms with Crippen molar-refractivity contribution in [1.29, 1.82) is 0 Å². The third kappa shape index (κ3) is 1.96. The quantitative estimate of drug-likeness (QED) is 0.675. The molecular weight excluding hydrogens is 140 g/mol. The number of rotatable bonds is 3. The minimum absolute atomic E-state index is 0.0660. The molecule has 0 aromatic rings. The van der Waals surface area contributed by atoms with Crippen LogP contribution in [0.5, 0.6) is 0 Å². The first kappa shape index (κ1) is 8.60. The zero-order valence-electron chi connectivity index (χ0n) is 7.05. The first-order chi connectivity index (χ1) is 5.33. The fourth-order valence-electron chi connectivity index (χ4n) is 1.49. The summed E-state index contributed by atoms with van der Waals surface area (Å²) in [4.78, 5) is 0. The Morgan fingerprint density at radius 3 is 2.91 bits per heavy atom. The first-order valence-corrected chi connectivity index (χ1v) is 4.27. The van der Waals surface area contributed by atoms with Gasteiger partial charge in [0.05, 0.1) is 6.26 Å². The molecule has 11 heavy (non-hydrogen) atoms. The van der Waals surface area contributed by atoms with Crippen LogP contribution in [-0.2, 0) is 4.74 Å². The van der Waals surface area contributed by atoms with E-state index in [0.717, 1.165) is 25.7 Å². The van der Waals surface area contributed by atoms with Crippen molar-refractivity contribution in [3.05, 3.63) is 12.3 Å². The van der Waals surface area contributed by atoms with Crippen molar-refractivity contribution in [3.8, 4) is 0 Å². The molecule has 0 radical (unpaired) electrons. The third-order valence-corrected chi connectivity index (χ3v) is 2.39. The third-order valence-electron chi connectivity index (χ3n) is 2.39. The molecule has 64 valence electrons. The second-order valence-electron chi connectivity index (χ2n) is 3.04. The fraction of sp³-hybridized carbons (Fsp3) is 0.778. The molecular formula is C9H16O2. The highest BCUT2D eigenvalue weighted by Crippen LogP contribution is 2.29. The van der Waals surface area contributed by atoms with Crippen LogP contribution in [0.4, 0.5) is 0 Å². The average Bonchev–Trinajstić information content (AvgIpc) is 2.07. The molecule has 1 unspecified atom stereocenters. The van der Waals surface area contributed by atoms with Gasteiger partial charge < -0.3 is 9.84 Å². The van der Waals surface area contributed by atoms with Gasteiger partial charge in [-0.2, -0.15) is 0 Å². The van der Waals surface area contributed by atoms with Crippen molar-refractivity contribution in [3.63, 3.8) is 0 Å². The van der Waals surface area contributed by atoms with Gasteiger partial charge in [0, 0.05) is 13.0 Å². The molecule has 2 heteroatoms. The summed E-state index contributed by atoms with van der Waals surface area (Å²) in [6.07, 6.45) is 7.66. The van der Waals surface area contributed by atoms with E-state index in [1.807, 2.05) is 6.08 Å². The second-order valence-corrected chi connectivity index (χ2v) is 3.04. The summed E-state index contributed by atoms with van der Waals surface area (Å²) in [7, 11) is 0. The Morgan fingerprint density at radius 1 is 1.64 bits per heavy atom. The standard InChI is InChI=1S/C9H16O2/c1-2-9(6-7-10)5-3-4-8-11-9/h4,8,10H,2-3,5-7H2,1H3. The Morgan fingerprint density at radius 2 is 2.45 bits per heavy atom. The summed E-state index contributed by atoms with van der Waals surface area (Å²) in [5, 5.41) is 8.81. The molecule has 1 rings (SSSR count). The molecule has 0 saturated heterocycles. The molecule has 0 amide bonds. The largest absolute Gasteiger partial charge is 0.495 e. The summed E-state index contributed by atoms with van der Waals surface area (Å²) in [6, 6.07) is 0. The number of hydrogen-bond acceptors (Lipinski definition) is 2. The minimum atomic E-state index is -0.0660. The van der Waals surface area contributed by atoms with Gasteiger partial charge >= 0.3 is 0 Å². The van der Waals surface area contributed by atoms with Gasteiger partial charge in [-0.3, -0.25) is 0 Å². The highest BCUT2D eigenvalue weighted by Gasteiger charge is 2.29. The Labute approximate surface area is 67.9 Å². The Balaban J connectivity index is 2.51. The summed E-state index contributed by atoms with van der Waals surface area (Å²) >= 11 is 0. The molecule has 1 N–H and O–H groups in total. The van der Waals surface area contributed by atoms with Crippen molar-refractivity contribution in [2.45, 2.75) is 38.2 Å². The molecule has 0 spiro atoms. The minimum Gasteiger partial charge on any atom is -0.495 e. The molecule has 0 aromatic heterocycles. The van der Waals surface area contributed by atoms with Gasteiger partial charge in [0.1, 0.15) is 5.60 Å². The Hall–Kier alpha value is -0.500. The molecule has 0 aromatic carbocycles. The molecule has 0 bridgehead atoms. The summed E-state index contributed by atoms with van der Waals surface area (Å²) in [6.45, 7) is 2.33. The summed E-state index contributed by atoms with van der Waals surface area (Å²) < 4.78 is 5.51. The molecule has 2 nitrogen and oxygen atoms in total. The van der Waals surface area contributed by atoms with Crippen LogP contribution < -0.4 is 0 Å². The van der Waals surface area contributed by atoms with E-state index in [9.17, 15) is 0 Å². The number of hydrogen-bond donors (Lipinski definition) is 1. The molecule has 1 aliphatic rings. The molecule has 1 atom stereocenters. The molecule has 1 aliphatic heterocycles. The van der Waals surface area contributed by atoms with Crippen LogP contribution in [0.2, 0.25) is 0 Å². The van der Waals surface area contributed by atoms with Crippen molar-refractivity contribution in [2.75, 3.05) is 6.61 Å². The monoisotopic (exact) mass is 156 g/mol. The number of aliphatic hydroxyl groups is 1. The van der Waals surface area contributed by atoms with Crippen LogP contribution in [0, 0.1) is 0 Å². The van der Waals surface area contributed by atoms with Gasteiger partial charge in [0.2, 0.25) is 0 Å². The molecule has 0 aliphatic carbocycles. The van der Waals surface area contributed by atoms with Crippen LogP contribution in [0.15, 0.2) is 12.3 Å². The van der Waals surface area contributed by atoms with Crippen LogP contribution in [0.25, 0.3) is 0 Å². The highest BCUT2D eigenvalue weighted by atomic mass is 16.5.